The van der Waals surface area contributed by atoms with Crippen LogP contribution < -0.4 is 0 Å². The summed E-state index contributed by atoms with van der Waals surface area (Å²) in [7, 11) is 0. The van der Waals surface area contributed by atoms with E-state index in [1.54, 1.807) is 0 Å². The predicted octanol–water partition coefficient (Wildman–Crippen LogP) is 4.76. The van der Waals surface area contributed by atoms with E-state index < -0.39 is 0 Å². The number of aromatic amines is 1. The molecule has 0 fully saturated rings. The zero-order valence-corrected chi connectivity index (χ0v) is 13.3. The Labute approximate surface area is 125 Å². The second-order valence-corrected chi connectivity index (χ2v) is 6.11. The van der Waals surface area contributed by atoms with E-state index in [-0.39, 0.29) is 12.0 Å². The number of aryl methyl sites for hydroxylation is 1. The molecule has 3 nitrogen and oxygen atoms in total. The molecular formula is C14H15BrClNO2. The third kappa shape index (κ3) is 2.65. The molecule has 0 radical (unpaired) electrons. The zero-order valence-electron chi connectivity index (χ0n) is 11.0. The average molecular weight is 345 g/mol. The summed E-state index contributed by atoms with van der Waals surface area (Å²) in [6.07, 6.45) is -0.305. The van der Waals surface area contributed by atoms with Crippen LogP contribution in [0.25, 0.3) is 10.9 Å². The average Bonchev–Trinajstić information content (AvgIpc) is 2.60. The largest absolute Gasteiger partial charge is 0.459 e. The van der Waals surface area contributed by atoms with Crippen molar-refractivity contribution in [3.8, 4) is 0 Å². The fraction of sp³-hybridized carbons (Fsp3) is 0.357. The summed E-state index contributed by atoms with van der Waals surface area (Å²) in [5.41, 5.74) is 2.96. The van der Waals surface area contributed by atoms with Gasteiger partial charge in [0.15, 0.2) is 0 Å². The number of halogens is 2. The van der Waals surface area contributed by atoms with Crippen LogP contribution >= 0.6 is 27.5 Å². The first-order valence-electron chi connectivity index (χ1n) is 6.02. The minimum absolute atomic E-state index is 0.167. The fourth-order valence-electron chi connectivity index (χ4n) is 2.34. The summed E-state index contributed by atoms with van der Waals surface area (Å²) in [6, 6.07) is 3.74. The van der Waals surface area contributed by atoms with E-state index in [1.165, 1.54) is 0 Å². The van der Waals surface area contributed by atoms with Crippen molar-refractivity contribution < 1.29 is 9.53 Å². The molecule has 0 saturated carbocycles. The molecule has 0 bridgehead atoms. The molecule has 0 amide bonds. The number of benzene rings is 1. The molecule has 19 heavy (non-hydrogen) atoms. The number of carbonyl (C=O) groups excluding carboxylic acids is 1. The summed E-state index contributed by atoms with van der Waals surface area (Å²) < 4.78 is 6.16. The van der Waals surface area contributed by atoms with E-state index in [0.717, 1.165) is 26.6 Å². The van der Waals surface area contributed by atoms with Crippen LogP contribution in [0, 0.1) is 12.8 Å². The van der Waals surface area contributed by atoms with Crippen molar-refractivity contribution in [1.82, 2.24) is 4.98 Å². The number of fused-ring (bicyclic) bond motifs is 1. The first-order valence-corrected chi connectivity index (χ1v) is 7.19. The molecule has 0 aliphatic heterocycles. The highest BCUT2D eigenvalue weighted by atomic mass is 79.9. The number of ether oxygens (including phenoxy) is 1. The van der Waals surface area contributed by atoms with E-state index >= 15 is 0 Å². The molecule has 1 heterocycles. The molecule has 0 aliphatic carbocycles. The van der Waals surface area contributed by atoms with E-state index in [9.17, 15) is 4.79 Å². The predicted molar refractivity (Wildman–Crippen MR) is 80.5 cm³/mol. The minimum Gasteiger partial charge on any atom is -0.459 e. The lowest BCUT2D eigenvalue weighted by Crippen LogP contribution is -2.11. The second kappa shape index (κ2) is 5.55. The third-order valence-electron chi connectivity index (χ3n) is 3.20. The van der Waals surface area contributed by atoms with Crippen molar-refractivity contribution in [1.29, 1.82) is 0 Å². The van der Waals surface area contributed by atoms with Crippen molar-refractivity contribution in [2.24, 2.45) is 5.92 Å². The normalized spacial score (nSPS) is 12.9. The van der Waals surface area contributed by atoms with Crippen LogP contribution in [0.2, 0.25) is 5.02 Å². The van der Waals surface area contributed by atoms with Crippen molar-refractivity contribution in [2.75, 3.05) is 0 Å². The van der Waals surface area contributed by atoms with Gasteiger partial charge in [0.2, 0.25) is 0 Å². The van der Waals surface area contributed by atoms with Crippen molar-refractivity contribution >= 4 is 44.9 Å². The lowest BCUT2D eigenvalue weighted by molar-refractivity contribution is -0.135. The van der Waals surface area contributed by atoms with E-state index in [4.69, 9.17) is 16.3 Å². The molecule has 2 aromatic rings. The number of hydrogen-bond acceptors (Lipinski definition) is 2. The van der Waals surface area contributed by atoms with Gasteiger partial charge in [0.05, 0.1) is 4.60 Å². The van der Waals surface area contributed by atoms with Gasteiger partial charge >= 0.3 is 0 Å². The van der Waals surface area contributed by atoms with Crippen molar-refractivity contribution in [3.05, 3.63) is 32.9 Å². The Balaban J connectivity index is 2.72. The number of carbonyl (C=O) groups is 1. The highest BCUT2D eigenvalue weighted by molar-refractivity contribution is 9.10. The quantitative estimate of drug-likeness (QED) is 0.812. The SMILES string of the molecule is Cc1c(Br)[nH]c2cc(Cl)cc(C(OC=O)C(C)C)c12. The van der Waals surface area contributed by atoms with Gasteiger partial charge < -0.3 is 9.72 Å². The molecule has 1 unspecified atom stereocenters. The molecule has 1 atom stereocenters. The Kier molecular flexibility index (Phi) is 4.21. The summed E-state index contributed by atoms with van der Waals surface area (Å²) in [6.45, 7) is 6.53. The van der Waals surface area contributed by atoms with Gasteiger partial charge in [-0.2, -0.15) is 0 Å². The molecule has 0 saturated heterocycles. The first kappa shape index (κ1) is 14.4. The zero-order chi connectivity index (χ0) is 14.2. The summed E-state index contributed by atoms with van der Waals surface area (Å²) in [4.78, 5) is 14.0. The molecule has 0 spiro atoms. The molecular weight excluding hydrogens is 330 g/mol. The highest BCUT2D eigenvalue weighted by Crippen LogP contribution is 2.37. The molecule has 0 aliphatic rings. The standard InChI is InChI=1S/C14H15BrClNO2/c1-7(2)13(19-6-18)10-4-9(16)5-11-12(10)8(3)14(15)17-11/h4-7,13,17H,1-3H3. The Morgan fingerprint density at radius 3 is 2.68 bits per heavy atom. The molecule has 2 rings (SSSR count). The Hall–Kier alpha value is -1.00. The van der Waals surface area contributed by atoms with Crippen LogP contribution in [0.15, 0.2) is 16.7 Å². The maximum Gasteiger partial charge on any atom is 0.293 e. The Morgan fingerprint density at radius 2 is 2.11 bits per heavy atom. The number of rotatable bonds is 4. The molecule has 5 heteroatoms. The molecule has 1 aromatic heterocycles. The lowest BCUT2D eigenvalue weighted by atomic mass is 9.94. The van der Waals surface area contributed by atoms with Gasteiger partial charge in [-0.3, -0.25) is 4.79 Å². The van der Waals surface area contributed by atoms with Gasteiger partial charge in [0, 0.05) is 21.5 Å². The van der Waals surface area contributed by atoms with Crippen molar-refractivity contribution in [3.63, 3.8) is 0 Å². The van der Waals surface area contributed by atoms with Crippen LogP contribution in [0.1, 0.15) is 31.1 Å². The van der Waals surface area contributed by atoms with Gasteiger partial charge in [0.25, 0.3) is 6.47 Å². The number of hydrogen-bond donors (Lipinski definition) is 1. The summed E-state index contributed by atoms with van der Waals surface area (Å²) >= 11 is 9.64. The lowest BCUT2D eigenvalue weighted by Gasteiger charge is -2.21. The highest BCUT2D eigenvalue weighted by Gasteiger charge is 2.22. The molecule has 102 valence electrons. The van der Waals surface area contributed by atoms with Gasteiger partial charge in [-0.15, -0.1) is 0 Å². The third-order valence-corrected chi connectivity index (χ3v) is 4.21. The van der Waals surface area contributed by atoms with Crippen LogP contribution in [-0.4, -0.2) is 11.5 Å². The minimum atomic E-state index is -0.305. The van der Waals surface area contributed by atoms with E-state index in [1.807, 2.05) is 32.9 Å². The molecule has 1 N–H and O–H groups in total. The van der Waals surface area contributed by atoms with Gasteiger partial charge in [0.1, 0.15) is 6.10 Å². The molecule has 1 aromatic carbocycles. The van der Waals surface area contributed by atoms with Gasteiger partial charge in [-0.05, 0) is 46.5 Å². The van der Waals surface area contributed by atoms with Crippen molar-refractivity contribution in [2.45, 2.75) is 26.9 Å². The number of aromatic nitrogens is 1. The smallest absolute Gasteiger partial charge is 0.293 e. The van der Waals surface area contributed by atoms with Crippen LogP contribution in [0.3, 0.4) is 0 Å². The fourth-order valence-corrected chi connectivity index (χ4v) is 2.98. The van der Waals surface area contributed by atoms with Gasteiger partial charge in [-0.1, -0.05) is 25.4 Å². The number of H-pyrrole nitrogens is 1. The topological polar surface area (TPSA) is 42.1 Å². The second-order valence-electron chi connectivity index (χ2n) is 4.88. The Morgan fingerprint density at radius 1 is 1.42 bits per heavy atom. The van der Waals surface area contributed by atoms with Crippen LogP contribution in [-0.2, 0) is 9.53 Å². The van der Waals surface area contributed by atoms with E-state index in [2.05, 4.69) is 20.9 Å². The maximum absolute atomic E-state index is 10.7. The van der Waals surface area contributed by atoms with E-state index in [0.29, 0.717) is 11.5 Å². The van der Waals surface area contributed by atoms with Gasteiger partial charge in [-0.25, -0.2) is 0 Å². The summed E-state index contributed by atoms with van der Waals surface area (Å²) in [5, 5.41) is 1.67. The maximum atomic E-state index is 10.7. The monoisotopic (exact) mass is 343 g/mol. The first-order chi connectivity index (χ1) is 8.95. The van der Waals surface area contributed by atoms with Crippen LogP contribution in [0.5, 0.6) is 0 Å². The summed E-state index contributed by atoms with van der Waals surface area (Å²) in [5.74, 6) is 0.167. The Bertz CT molecular complexity index is 621. The number of nitrogens with one attached hydrogen (secondary N) is 1. The van der Waals surface area contributed by atoms with Crippen LogP contribution in [0.4, 0.5) is 0 Å².